The molecular formula is C50H52F2N14O11. The third-order valence-electron chi connectivity index (χ3n) is 10.9. The Bertz CT molecular complexity index is 3130. The standard InChI is InChI=1S/2C22H22FN7O2.C6H8O7/c2*1-13(8-24)29-17-7-18(19-5-4-15-6-14(9-25)10-28-30(15)19)26-11-16(17)21(31)27-12-20(23)22(2,3)32;7-3(8)1-6(13,5(11)12)2-4(9)10/h2*4-7,10-11,13,20,32H,12H2,1-3H3,(H,26,29)(H,27,31);13H,1-2H2,(H,7,8)(H,9,10)(H,11,12)/t2*13-,20-;/m11./s1. The fraction of sp³-hybridized carbons (Fsp3) is 0.340. The lowest BCUT2D eigenvalue weighted by Gasteiger charge is -2.22. The van der Waals surface area contributed by atoms with Crippen LogP contribution in [0.2, 0.25) is 0 Å². The number of nitrogens with zero attached hydrogens (tertiary/aromatic N) is 10. The summed E-state index contributed by atoms with van der Waals surface area (Å²) in [5, 5.41) is 109. The first-order valence-electron chi connectivity index (χ1n) is 22.8. The molecule has 6 aromatic heterocycles. The Balaban J connectivity index is 0.000000272. The van der Waals surface area contributed by atoms with E-state index in [2.05, 4.69) is 41.4 Å². The summed E-state index contributed by atoms with van der Waals surface area (Å²) in [4.78, 5) is 64.5. The highest BCUT2D eigenvalue weighted by atomic mass is 19.1. The zero-order valence-corrected chi connectivity index (χ0v) is 42.0. The van der Waals surface area contributed by atoms with Gasteiger partial charge in [0.2, 0.25) is 0 Å². The maximum absolute atomic E-state index is 14.0. The lowest BCUT2D eigenvalue weighted by atomic mass is 9.96. The fourth-order valence-electron chi connectivity index (χ4n) is 6.60. The van der Waals surface area contributed by atoms with Gasteiger partial charge in [0.1, 0.15) is 36.6 Å². The number of aliphatic hydroxyl groups is 3. The molecule has 4 atom stereocenters. The number of carbonyl (C=O) groups is 5. The van der Waals surface area contributed by atoms with Crippen LogP contribution in [0.4, 0.5) is 20.2 Å². The van der Waals surface area contributed by atoms with Gasteiger partial charge in [0.15, 0.2) is 5.60 Å². The SMILES string of the molecule is C[C@H](C#N)Nc1cc(-c2ccc3cc(C#N)cnn23)ncc1C(=O)NC[C@@H](F)C(C)(C)O.C[C@H](C#N)Nc1cc(-c2ccc3cc(C#N)cnn23)ncc1C(=O)NC[C@@H](F)C(C)(C)O.O=C(O)CC(O)(CC(=O)O)C(=O)O. The first-order chi connectivity index (χ1) is 36.0. The van der Waals surface area contributed by atoms with Gasteiger partial charge in [0.05, 0.1) is 129 Å². The average molecular weight is 1060 g/mol. The van der Waals surface area contributed by atoms with Crippen LogP contribution >= 0.6 is 0 Å². The van der Waals surface area contributed by atoms with E-state index in [-0.39, 0.29) is 24.2 Å². The second-order valence-corrected chi connectivity index (χ2v) is 18.2. The number of hydrogen-bond acceptors (Lipinski definition) is 18. The minimum atomic E-state index is -2.74. The molecule has 0 saturated heterocycles. The number of carboxylic acids is 3. The summed E-state index contributed by atoms with van der Waals surface area (Å²) in [6.45, 7) is 7.76. The number of anilines is 2. The zero-order valence-electron chi connectivity index (χ0n) is 42.0. The molecule has 2 amide bonds. The predicted molar refractivity (Wildman–Crippen MR) is 268 cm³/mol. The molecule has 0 radical (unpaired) electrons. The molecule has 0 saturated carbocycles. The second-order valence-electron chi connectivity index (χ2n) is 18.2. The molecule has 6 aromatic rings. The summed E-state index contributed by atoms with van der Waals surface area (Å²) >= 11 is 0. The number of aliphatic carboxylic acids is 3. The Morgan fingerprint density at radius 3 is 1.27 bits per heavy atom. The van der Waals surface area contributed by atoms with Crippen molar-refractivity contribution >= 4 is 52.1 Å². The van der Waals surface area contributed by atoms with E-state index in [0.29, 0.717) is 56.3 Å². The van der Waals surface area contributed by atoms with Crippen molar-refractivity contribution in [1.82, 2.24) is 39.8 Å². The molecule has 0 aliphatic heterocycles. The molecule has 0 fully saturated rings. The minimum Gasteiger partial charge on any atom is -0.481 e. The van der Waals surface area contributed by atoms with Crippen molar-refractivity contribution in [3.8, 4) is 47.1 Å². The molecule has 77 heavy (non-hydrogen) atoms. The number of aromatic nitrogens is 6. The quantitative estimate of drug-likeness (QED) is 0.0554. The topological polar surface area (TPSA) is 410 Å². The van der Waals surface area contributed by atoms with Crippen LogP contribution in [0, 0.1) is 45.3 Å². The summed E-state index contributed by atoms with van der Waals surface area (Å²) in [5.74, 6) is -6.21. The lowest BCUT2D eigenvalue weighted by molar-refractivity contribution is -0.170. The maximum Gasteiger partial charge on any atom is 0.336 e. The van der Waals surface area contributed by atoms with E-state index in [0.717, 1.165) is 0 Å². The van der Waals surface area contributed by atoms with Crippen molar-refractivity contribution in [1.29, 1.82) is 21.0 Å². The first kappa shape index (κ1) is 59.9. The number of amides is 2. The van der Waals surface area contributed by atoms with Gasteiger partial charge in [-0.1, -0.05) is 0 Å². The van der Waals surface area contributed by atoms with Gasteiger partial charge < -0.3 is 51.9 Å². The van der Waals surface area contributed by atoms with Crippen LogP contribution in [0.15, 0.2) is 73.3 Å². The number of halogens is 2. The molecule has 402 valence electrons. The number of nitriles is 4. The van der Waals surface area contributed by atoms with E-state index in [1.165, 1.54) is 52.5 Å². The number of pyridine rings is 2. The molecule has 0 bridgehead atoms. The van der Waals surface area contributed by atoms with Gasteiger partial charge in [-0.15, -0.1) is 0 Å². The van der Waals surface area contributed by atoms with E-state index < -0.39 is 83.8 Å². The van der Waals surface area contributed by atoms with Crippen LogP contribution in [0.5, 0.6) is 0 Å². The van der Waals surface area contributed by atoms with Crippen LogP contribution in [-0.2, 0) is 14.4 Å². The Hall–Kier alpha value is -9.67. The van der Waals surface area contributed by atoms with Gasteiger partial charge in [-0.3, -0.25) is 29.1 Å². The van der Waals surface area contributed by atoms with Crippen LogP contribution in [0.3, 0.4) is 0 Å². The van der Waals surface area contributed by atoms with Gasteiger partial charge in [-0.25, -0.2) is 22.6 Å². The van der Waals surface area contributed by atoms with Crippen molar-refractivity contribution in [2.24, 2.45) is 0 Å². The molecule has 0 aromatic carbocycles. The lowest BCUT2D eigenvalue weighted by Crippen LogP contribution is -2.42. The Labute approximate surface area is 437 Å². The molecule has 0 unspecified atom stereocenters. The molecule has 25 nitrogen and oxygen atoms in total. The molecule has 6 heterocycles. The van der Waals surface area contributed by atoms with E-state index >= 15 is 0 Å². The highest BCUT2D eigenvalue weighted by molar-refractivity contribution is 6.01. The number of carboxylic acid groups (broad SMARTS) is 3. The summed E-state index contributed by atoms with van der Waals surface area (Å²) < 4.78 is 31.3. The first-order valence-corrected chi connectivity index (χ1v) is 22.8. The predicted octanol–water partition coefficient (Wildman–Crippen LogP) is 3.61. The number of alkyl halides is 2. The average Bonchev–Trinajstić information content (AvgIpc) is 4.00. The summed E-state index contributed by atoms with van der Waals surface area (Å²) in [6, 6.07) is 20.6. The van der Waals surface area contributed by atoms with Gasteiger partial charge in [0.25, 0.3) is 11.8 Å². The number of hydrogen-bond donors (Lipinski definition) is 10. The monoisotopic (exact) mass is 1060 g/mol. The molecular weight excluding hydrogens is 1010 g/mol. The summed E-state index contributed by atoms with van der Waals surface area (Å²) in [6.07, 6.45) is -0.0801. The zero-order chi connectivity index (χ0) is 57.6. The van der Waals surface area contributed by atoms with Crippen LogP contribution < -0.4 is 21.3 Å². The van der Waals surface area contributed by atoms with Crippen molar-refractivity contribution < 1.29 is 63.4 Å². The van der Waals surface area contributed by atoms with Gasteiger partial charge >= 0.3 is 17.9 Å². The molecule has 0 aliphatic carbocycles. The second kappa shape index (κ2) is 25.5. The van der Waals surface area contributed by atoms with Crippen LogP contribution in [0.25, 0.3) is 33.8 Å². The highest BCUT2D eigenvalue weighted by Gasteiger charge is 2.41. The van der Waals surface area contributed by atoms with Crippen molar-refractivity contribution in [2.45, 2.75) is 95.6 Å². The normalized spacial score (nSPS) is 12.7. The van der Waals surface area contributed by atoms with E-state index in [1.807, 2.05) is 24.3 Å². The number of nitrogens with one attached hydrogen (secondary N) is 4. The van der Waals surface area contributed by atoms with Crippen molar-refractivity contribution in [2.75, 3.05) is 23.7 Å². The van der Waals surface area contributed by atoms with Crippen LogP contribution in [0.1, 0.15) is 86.2 Å². The van der Waals surface area contributed by atoms with E-state index in [9.17, 15) is 53.5 Å². The van der Waals surface area contributed by atoms with E-state index in [4.69, 9.17) is 30.9 Å². The number of carbonyl (C=O) groups excluding carboxylic acids is 2. The molecule has 27 heteroatoms. The van der Waals surface area contributed by atoms with Gasteiger partial charge in [0, 0.05) is 12.4 Å². The molecule has 6 rings (SSSR count). The van der Waals surface area contributed by atoms with Crippen LogP contribution in [-0.4, -0.2) is 144 Å². The third kappa shape index (κ3) is 16.2. The Morgan fingerprint density at radius 2 is 0.974 bits per heavy atom. The minimum absolute atomic E-state index is 0.124. The molecule has 0 aliphatic rings. The van der Waals surface area contributed by atoms with Crippen molar-refractivity contribution in [3.05, 3.63) is 95.6 Å². The Kier molecular flexibility index (Phi) is 19.8. The third-order valence-corrected chi connectivity index (χ3v) is 10.9. The Morgan fingerprint density at radius 1 is 0.610 bits per heavy atom. The number of fused-ring (bicyclic) bond motifs is 2. The fourth-order valence-corrected chi connectivity index (χ4v) is 6.60. The maximum atomic E-state index is 14.0. The largest absolute Gasteiger partial charge is 0.481 e. The molecule has 0 spiro atoms. The van der Waals surface area contributed by atoms with Crippen molar-refractivity contribution in [3.63, 3.8) is 0 Å². The van der Waals surface area contributed by atoms with Gasteiger partial charge in [-0.05, 0) is 90.1 Å². The number of rotatable bonds is 19. The summed E-state index contributed by atoms with van der Waals surface area (Å²) in [5.41, 5.74) is -0.577. The smallest absolute Gasteiger partial charge is 0.336 e. The highest BCUT2D eigenvalue weighted by Crippen LogP contribution is 2.28. The van der Waals surface area contributed by atoms with E-state index in [1.54, 1.807) is 71.4 Å². The molecule has 10 N–H and O–H groups in total. The van der Waals surface area contributed by atoms with Gasteiger partial charge in [-0.2, -0.15) is 31.2 Å². The summed E-state index contributed by atoms with van der Waals surface area (Å²) in [7, 11) is 0.